The smallest absolute Gasteiger partial charge is 0.0371 e. The molecule has 37 heavy (non-hydrogen) atoms. The van der Waals surface area contributed by atoms with Gasteiger partial charge in [-0.05, 0) is 119 Å². The maximum absolute atomic E-state index is 2.48. The van der Waals surface area contributed by atoms with Gasteiger partial charge in [-0.25, -0.2) is 0 Å². The molecule has 0 fully saturated rings. The maximum Gasteiger partial charge on any atom is 0.0371 e. The van der Waals surface area contributed by atoms with Crippen molar-refractivity contribution >= 4 is 5.69 Å². The van der Waals surface area contributed by atoms with Crippen LogP contribution in [-0.4, -0.2) is 13.1 Å². The average molecular weight is 502 g/mol. The van der Waals surface area contributed by atoms with Gasteiger partial charge in [-0.3, -0.25) is 0 Å². The highest BCUT2D eigenvalue weighted by atomic mass is 15.1. The number of nitrogens with zero attached hydrogens (tertiary/aromatic N) is 1. The highest BCUT2D eigenvalue weighted by molar-refractivity contribution is 5.47. The van der Waals surface area contributed by atoms with Crippen molar-refractivity contribution in [3.8, 4) is 0 Å². The number of hydrogen-bond acceptors (Lipinski definition) is 1. The molecule has 0 aromatic heterocycles. The van der Waals surface area contributed by atoms with Crippen LogP contribution in [0.2, 0.25) is 0 Å². The Morgan fingerprint density at radius 2 is 0.838 bits per heavy atom. The van der Waals surface area contributed by atoms with Crippen molar-refractivity contribution in [1.29, 1.82) is 0 Å². The minimum Gasteiger partial charge on any atom is -0.364 e. The van der Waals surface area contributed by atoms with E-state index in [4.69, 9.17) is 0 Å². The molecule has 1 heteroatoms. The van der Waals surface area contributed by atoms with E-state index in [9.17, 15) is 0 Å². The summed E-state index contributed by atoms with van der Waals surface area (Å²) in [6, 6.07) is 10.8. The lowest BCUT2D eigenvalue weighted by Gasteiger charge is -2.23. The summed E-state index contributed by atoms with van der Waals surface area (Å²) < 4.78 is 0. The number of hydrogen-bond donors (Lipinski definition) is 0. The van der Waals surface area contributed by atoms with Crippen molar-refractivity contribution in [2.24, 2.45) is 0 Å². The second kappa shape index (κ2) is 19.6. The number of benzene rings is 1. The molecule has 0 saturated heterocycles. The standard InChI is InChI=1S/C36H55N/c1-30(2)16-12-18-32(5)20-14-22-34(7)26-28-37(36-24-10-9-11-25-36)29-27-35(8)23-15-21-33(6)19-13-17-31(3)4/h9-11,16-17,20-21,24-27H,12-15,18-19,22-23,28-29H2,1-8H3. The van der Waals surface area contributed by atoms with Gasteiger partial charge >= 0.3 is 0 Å². The maximum atomic E-state index is 2.48. The van der Waals surface area contributed by atoms with Crippen molar-refractivity contribution in [1.82, 2.24) is 0 Å². The zero-order valence-corrected chi connectivity index (χ0v) is 25.4. The molecule has 0 amide bonds. The van der Waals surface area contributed by atoms with Gasteiger partial charge in [0, 0.05) is 18.8 Å². The minimum atomic E-state index is 0.951. The molecule has 0 heterocycles. The molecule has 0 atom stereocenters. The summed E-state index contributed by atoms with van der Waals surface area (Å²) in [5, 5.41) is 0. The monoisotopic (exact) mass is 501 g/mol. The van der Waals surface area contributed by atoms with Gasteiger partial charge in [0.15, 0.2) is 0 Å². The van der Waals surface area contributed by atoms with E-state index in [0.717, 1.165) is 51.6 Å². The zero-order valence-electron chi connectivity index (χ0n) is 25.4. The fourth-order valence-corrected chi connectivity index (χ4v) is 4.13. The van der Waals surface area contributed by atoms with E-state index < -0.39 is 0 Å². The lowest BCUT2D eigenvalue weighted by molar-refractivity contribution is 0.888. The number of anilines is 1. The molecule has 0 bridgehead atoms. The molecule has 204 valence electrons. The van der Waals surface area contributed by atoms with E-state index in [-0.39, 0.29) is 0 Å². The molecule has 1 aromatic rings. The zero-order chi connectivity index (χ0) is 27.5. The first kappa shape index (κ1) is 32.5. The van der Waals surface area contributed by atoms with Crippen LogP contribution in [0.25, 0.3) is 0 Å². The van der Waals surface area contributed by atoms with Crippen LogP contribution >= 0.6 is 0 Å². The van der Waals surface area contributed by atoms with E-state index in [1.807, 2.05) is 0 Å². The molecule has 1 nitrogen and oxygen atoms in total. The summed E-state index contributed by atoms with van der Waals surface area (Å²) in [5.74, 6) is 0. The first-order chi connectivity index (χ1) is 17.7. The van der Waals surface area contributed by atoms with E-state index in [1.54, 1.807) is 0 Å². The summed E-state index contributed by atoms with van der Waals surface area (Å²) in [7, 11) is 0. The molecule has 0 aliphatic carbocycles. The molecule has 1 aromatic carbocycles. The van der Waals surface area contributed by atoms with Gasteiger partial charge in [0.1, 0.15) is 0 Å². The van der Waals surface area contributed by atoms with E-state index in [1.165, 1.54) is 52.0 Å². The second-order valence-electron chi connectivity index (χ2n) is 11.2. The number of para-hydroxylation sites is 1. The van der Waals surface area contributed by atoms with Crippen LogP contribution in [0.15, 0.2) is 100 Å². The Morgan fingerprint density at radius 1 is 0.486 bits per heavy atom. The summed E-state index contributed by atoms with van der Waals surface area (Å²) in [4.78, 5) is 2.48. The summed E-state index contributed by atoms with van der Waals surface area (Å²) in [6.45, 7) is 19.7. The first-order valence-corrected chi connectivity index (χ1v) is 14.4. The van der Waals surface area contributed by atoms with Gasteiger partial charge in [0.25, 0.3) is 0 Å². The lowest BCUT2D eigenvalue weighted by Crippen LogP contribution is -2.23. The minimum absolute atomic E-state index is 0.951. The molecule has 1 rings (SSSR count). The van der Waals surface area contributed by atoms with Crippen molar-refractivity contribution < 1.29 is 0 Å². The van der Waals surface area contributed by atoms with Gasteiger partial charge in [-0.2, -0.15) is 0 Å². The Morgan fingerprint density at radius 3 is 1.22 bits per heavy atom. The highest BCUT2D eigenvalue weighted by Gasteiger charge is 2.04. The molecule has 0 aliphatic rings. The summed E-state index contributed by atoms with van der Waals surface area (Å²) in [6.07, 6.45) is 23.6. The highest BCUT2D eigenvalue weighted by Crippen LogP contribution is 2.17. The second-order valence-corrected chi connectivity index (χ2v) is 11.2. The van der Waals surface area contributed by atoms with Crippen LogP contribution in [0, 0.1) is 0 Å². The van der Waals surface area contributed by atoms with Crippen molar-refractivity contribution in [3.63, 3.8) is 0 Å². The molecule has 0 N–H and O–H groups in total. The molecular weight excluding hydrogens is 446 g/mol. The molecular formula is C36H55N. The number of rotatable bonds is 17. The normalized spacial score (nSPS) is 13.0. The molecule has 0 radical (unpaired) electrons. The molecule has 0 aliphatic heterocycles. The third-order valence-electron chi connectivity index (χ3n) is 6.69. The van der Waals surface area contributed by atoms with Crippen LogP contribution in [0.4, 0.5) is 5.69 Å². The van der Waals surface area contributed by atoms with Crippen LogP contribution in [-0.2, 0) is 0 Å². The quantitative estimate of drug-likeness (QED) is 0.192. The third kappa shape index (κ3) is 17.5. The third-order valence-corrected chi connectivity index (χ3v) is 6.69. The van der Waals surface area contributed by atoms with E-state index in [2.05, 4.69) is 127 Å². The van der Waals surface area contributed by atoms with Gasteiger partial charge < -0.3 is 4.90 Å². The van der Waals surface area contributed by atoms with Crippen molar-refractivity contribution in [2.45, 2.75) is 107 Å². The summed E-state index contributed by atoms with van der Waals surface area (Å²) in [5.41, 5.74) is 10.1. The fraction of sp³-hybridized carbons (Fsp3) is 0.500. The predicted octanol–water partition coefficient (Wildman–Crippen LogP) is 11.3. The Labute approximate surface area is 230 Å². The van der Waals surface area contributed by atoms with Crippen LogP contribution < -0.4 is 4.90 Å². The summed E-state index contributed by atoms with van der Waals surface area (Å²) >= 11 is 0. The van der Waals surface area contributed by atoms with Crippen molar-refractivity contribution in [3.05, 3.63) is 100 Å². The Kier molecular flexibility index (Phi) is 17.2. The Bertz CT molecular complexity index is 882. The van der Waals surface area contributed by atoms with Crippen molar-refractivity contribution in [2.75, 3.05) is 18.0 Å². The van der Waals surface area contributed by atoms with Gasteiger partial charge in [0.05, 0.1) is 0 Å². The van der Waals surface area contributed by atoms with Gasteiger partial charge in [-0.1, -0.05) is 88.1 Å². The number of allylic oxidation sites excluding steroid dienone is 10. The SMILES string of the molecule is CC(C)=CCCC(C)=CCCC(C)=CCN(CC=C(C)CCC=C(C)CCC=C(C)C)c1ccccc1. The lowest BCUT2D eigenvalue weighted by atomic mass is 10.1. The molecule has 0 spiro atoms. The van der Waals surface area contributed by atoms with Crippen LogP contribution in [0.1, 0.15) is 107 Å². The van der Waals surface area contributed by atoms with Crippen LogP contribution in [0.3, 0.4) is 0 Å². The van der Waals surface area contributed by atoms with Gasteiger partial charge in [-0.15, -0.1) is 0 Å². The molecule has 0 unspecified atom stereocenters. The largest absolute Gasteiger partial charge is 0.364 e. The van der Waals surface area contributed by atoms with Gasteiger partial charge in [0.2, 0.25) is 0 Å². The molecule has 0 saturated carbocycles. The predicted molar refractivity (Wildman–Crippen MR) is 169 cm³/mol. The van der Waals surface area contributed by atoms with E-state index >= 15 is 0 Å². The average Bonchev–Trinajstić information content (AvgIpc) is 2.84. The fourth-order valence-electron chi connectivity index (χ4n) is 4.13. The first-order valence-electron chi connectivity index (χ1n) is 14.4. The van der Waals surface area contributed by atoms with E-state index in [0.29, 0.717) is 0 Å². The topological polar surface area (TPSA) is 3.24 Å². The van der Waals surface area contributed by atoms with Crippen LogP contribution in [0.5, 0.6) is 0 Å². The Balaban J connectivity index is 2.63. The Hall–Kier alpha value is -2.54.